The van der Waals surface area contributed by atoms with Gasteiger partial charge in [0, 0.05) is 200 Å². The molecule has 0 radical (unpaired) electrons. The third-order valence-electron chi connectivity index (χ3n) is 24.5. The number of nitrogens with one attached hydrogen (secondary N) is 5. The number of thioether (sulfide) groups is 2. The Morgan fingerprint density at radius 1 is 0.771 bits per heavy atom. The Bertz CT molecular complexity index is 6770. The molecule has 0 saturated carbocycles. The molecule has 1 fully saturated rings. The maximum atomic E-state index is 16.2. The molecule has 5 aliphatic rings. The van der Waals surface area contributed by atoms with Gasteiger partial charge in [0.2, 0.25) is 39.1 Å². The Kier molecular flexibility index (Phi) is 34.8. The average molecular weight is 2040 g/mol. The number of aliphatic carboxylic acids is 3. The number of likely N-dealkylation sites (tertiary alicyclic amines) is 1. The number of aromatic amines is 1. The number of Topliss-reactive ketones (excluding diaryl/α,β-unsaturated/α-hetero) is 4. The minimum absolute atomic E-state index is 0.00856. The smallest absolute Gasteiger partial charge is 0.481 e. The summed E-state index contributed by atoms with van der Waals surface area (Å²) in [5.41, 5.74) is 9.38. The SMILES string of the molecule is CCN(CC)c1ccc2c(-c3ccc(S(=O)(=O)NCCCC(=O)CCC[Si](C)(C)O[Si](C)(C)CSc4ncc(CN5C(=O)CC(SC[C@H](CC(=O)[C@H](CNC(=O)CCc6ccc7n6[B-](F)(F)[N+]6=C(C)C=CC6=C7)CC(=O)[C@H](CC(=O)O)CC(=O)CC[C@H](NC(=O)c6ccc(NCc7cnc8nc(N)[nH]c(=O)c8n7)cc6)C(=O)O)C(=O)O)C5=O)cn4)cc3S(=O)(=O)O)c3ccc(=[N+](CC)CC)cc-3oc2c1. The van der Waals surface area contributed by atoms with E-state index in [2.05, 4.69) is 73.1 Å². The Labute approximate surface area is 815 Å². The minimum atomic E-state index is -5.05. The lowest BCUT2D eigenvalue weighted by Gasteiger charge is -2.33. The number of H-pyrrole nitrogens is 1. The summed E-state index contributed by atoms with van der Waals surface area (Å²) in [4.78, 5) is 187. The summed E-state index contributed by atoms with van der Waals surface area (Å²) in [6.45, 7) is 15.3. The summed E-state index contributed by atoms with van der Waals surface area (Å²) in [5.74, 6) is -15.3. The molecule has 8 heterocycles. The van der Waals surface area contributed by atoms with Crippen LogP contribution in [-0.4, -0.2) is 236 Å². The number of rotatable bonds is 52. The first-order chi connectivity index (χ1) is 66.3. The lowest BCUT2D eigenvalue weighted by molar-refractivity contribution is -0.361. The van der Waals surface area contributed by atoms with E-state index in [1.807, 2.05) is 77.2 Å². The van der Waals surface area contributed by atoms with Crippen LogP contribution in [0.3, 0.4) is 0 Å². The fourth-order valence-corrected chi connectivity index (χ4v) is 30.8. The number of imide groups is 1. The Hall–Kier alpha value is -12.5. The highest BCUT2D eigenvalue weighted by molar-refractivity contribution is 8.01. The van der Waals surface area contributed by atoms with Crippen LogP contribution in [0, 0.1) is 17.8 Å². The number of fused-ring (bicyclic) bond motifs is 5. The van der Waals surface area contributed by atoms with Gasteiger partial charge in [-0.2, -0.15) is 13.4 Å². The number of halogens is 2. The van der Waals surface area contributed by atoms with E-state index in [1.165, 1.54) is 85.8 Å². The number of nitrogens with zero attached hydrogens (tertiary/aromatic N) is 10. The van der Waals surface area contributed by atoms with E-state index in [4.69, 9.17) is 14.3 Å². The number of benzene rings is 4. The van der Waals surface area contributed by atoms with Crippen LogP contribution in [0.2, 0.25) is 32.2 Å². The molecule has 744 valence electrons. The molecule has 3 aromatic carbocycles. The van der Waals surface area contributed by atoms with E-state index >= 15 is 8.63 Å². The number of amides is 4. The zero-order valence-electron chi connectivity index (χ0n) is 78.6. The summed E-state index contributed by atoms with van der Waals surface area (Å²) >= 11 is 2.14. The maximum Gasteiger partial charge on any atom is 0.737 e. The molecule has 47 heteroatoms. The molecule has 38 nitrogen and oxygen atoms in total. The van der Waals surface area contributed by atoms with Crippen molar-refractivity contribution in [3.05, 3.63) is 171 Å². The number of hydrogen-bond donors (Lipinski definition) is 10. The van der Waals surface area contributed by atoms with E-state index in [0.717, 1.165) is 42.7 Å². The van der Waals surface area contributed by atoms with Crippen LogP contribution < -0.4 is 46.8 Å². The first-order valence-electron chi connectivity index (χ1n) is 45.8. The topological polar surface area (TPSA) is 548 Å². The molecule has 0 spiro atoms. The zero-order valence-corrected chi connectivity index (χ0v) is 83.9. The number of sulfonamides is 1. The van der Waals surface area contributed by atoms with Gasteiger partial charge in [0.1, 0.15) is 64.2 Å². The van der Waals surface area contributed by atoms with Gasteiger partial charge in [-0.15, -0.1) is 11.8 Å². The molecule has 1 unspecified atom stereocenters. The van der Waals surface area contributed by atoms with E-state index in [9.17, 15) is 94.2 Å². The second-order valence-electron chi connectivity index (χ2n) is 35.7. The minimum Gasteiger partial charge on any atom is -0.481 e. The van der Waals surface area contributed by atoms with Gasteiger partial charge in [0.25, 0.3) is 21.6 Å². The average Bonchev–Trinajstić information content (AvgIpc) is 1.24. The number of hydrogen-bond acceptors (Lipinski definition) is 28. The van der Waals surface area contributed by atoms with E-state index in [-0.39, 0.29) is 103 Å². The van der Waals surface area contributed by atoms with Gasteiger partial charge in [-0.1, -0.05) is 17.8 Å². The fourth-order valence-electron chi connectivity index (χ4n) is 17.3. The van der Waals surface area contributed by atoms with Crippen LogP contribution in [-0.2, 0) is 91.7 Å². The third-order valence-corrected chi connectivity index (χ3v) is 38.0. The number of ketones is 4. The molecule has 1 aliphatic carbocycles. The first-order valence-corrected chi connectivity index (χ1v) is 56.9. The number of aromatic nitrogens is 7. The second kappa shape index (κ2) is 45.8. The zero-order chi connectivity index (χ0) is 102. The summed E-state index contributed by atoms with van der Waals surface area (Å²) < 4.78 is 117. The summed E-state index contributed by atoms with van der Waals surface area (Å²) in [6, 6.07) is 22.4. The molecule has 0 bridgehead atoms. The molecule has 5 atom stereocenters. The van der Waals surface area contributed by atoms with Crippen molar-refractivity contribution in [2.75, 3.05) is 66.3 Å². The van der Waals surface area contributed by atoms with Crippen LogP contribution in [0.25, 0.3) is 50.7 Å². The molecule has 11 N–H and O–H groups in total. The molecule has 4 aromatic heterocycles. The van der Waals surface area contributed by atoms with Gasteiger partial charge in [-0.25, -0.2) is 42.4 Å². The summed E-state index contributed by atoms with van der Waals surface area (Å²) in [7, 11) is -14.3. The monoisotopic (exact) mass is 2040 g/mol. The first kappa shape index (κ1) is 106. The van der Waals surface area contributed by atoms with Crippen molar-refractivity contribution in [3.8, 4) is 22.5 Å². The van der Waals surface area contributed by atoms with Gasteiger partial charge >= 0.3 is 24.9 Å². The number of allylic oxidation sites excluding steroid dienone is 2. The van der Waals surface area contributed by atoms with E-state index < -0.39 is 204 Å². The maximum absolute atomic E-state index is 16.2. The lowest BCUT2D eigenvalue weighted by atomic mass is 9.84. The van der Waals surface area contributed by atoms with Gasteiger partial charge in [0.15, 0.2) is 38.7 Å². The number of carboxylic acids is 3. The van der Waals surface area contributed by atoms with Gasteiger partial charge < -0.3 is 68.0 Å². The van der Waals surface area contributed by atoms with Crippen LogP contribution in [0.15, 0.2) is 152 Å². The number of carbonyl (C=O) groups excluding carboxylic acids is 8. The van der Waals surface area contributed by atoms with Gasteiger partial charge in [-0.3, -0.25) is 67.2 Å². The molecular formula is C93H112BF2N16O22S4Si2+. The van der Waals surface area contributed by atoms with Crippen molar-refractivity contribution in [3.63, 3.8) is 0 Å². The third kappa shape index (κ3) is 26.8. The normalized spacial score (nSPS) is 15.1. The predicted molar refractivity (Wildman–Crippen MR) is 527 cm³/mol. The second-order valence-corrected chi connectivity index (χ2v) is 50.2. The standard InChI is InChI=1S/C93H111BF2N16O22S4Si2/c1-10-108(11-2)64-26-31-71-77(43-64)133-78-44-65(109(12-3)13-4)27-32-72(78)84(71)73-33-30-70(45-80(73)138(130,131)132)137(128,129)103-36-14-16-68(113)17-15-37-139(6,7)134-140(8,9)54-136-93-101-47-56(48-102-93)52-110-82(118)46-79(89(110)123)135-53-60(90(124)125)40-76(116)59(49-99-81(117)35-28-63-24-25-67-42-66-23-18-55(5)111(66)94(95,96)112(63)67)39-75(115)58(41-83(119)120)38-69(114)29-34-74(91(126)127)105-87(121)57-19-21-61(22-20-57)98-50-62-51-100-86-85(104-62)88(122)107-92(97)106-86/h18-27,30-33,42-45,47-48,51,58-60,74,79,103H,10-17,28-29,34-41,46,49-50,52-54H2,1-9H3,(H9-,97,98,99,100,105,106,107,117,119,120,121,122,124,125,126,127,130,131,132)/p+1/t58-,59-,60-,74-,79?/m0/s1. The van der Waals surface area contributed by atoms with Crippen molar-refractivity contribution >= 4 is 183 Å². The van der Waals surface area contributed by atoms with Crippen molar-refractivity contribution < 1.29 is 111 Å². The molecule has 7 aromatic rings. The molecular weight excluding hydrogens is 1930 g/mol. The van der Waals surface area contributed by atoms with Crippen LogP contribution >= 0.6 is 23.5 Å². The predicted octanol–water partition coefficient (Wildman–Crippen LogP) is 9.77. The highest BCUT2D eigenvalue weighted by Gasteiger charge is 2.52. The number of anilines is 3. The molecule has 1 saturated heterocycles. The van der Waals surface area contributed by atoms with Crippen molar-refractivity contribution in [1.29, 1.82) is 0 Å². The number of carbonyl (C=O) groups is 11. The molecule has 12 rings (SSSR count). The number of nitrogens with two attached hydrogens (primary N) is 1. The molecule has 140 heavy (non-hydrogen) atoms. The number of aryl methyl sites for hydroxylation is 1. The van der Waals surface area contributed by atoms with Crippen LogP contribution in [0.1, 0.15) is 145 Å². The quantitative estimate of drug-likeness (QED) is 0.00248. The lowest BCUT2D eigenvalue weighted by Crippen LogP contribution is -2.50. The molecule has 4 aliphatic heterocycles. The van der Waals surface area contributed by atoms with Crippen molar-refractivity contribution in [2.45, 2.75) is 190 Å². The van der Waals surface area contributed by atoms with Crippen LogP contribution in [0.5, 0.6) is 0 Å². The van der Waals surface area contributed by atoms with Crippen LogP contribution in [0.4, 0.5) is 26.0 Å². The highest BCUT2D eigenvalue weighted by Crippen LogP contribution is 2.45. The Balaban J connectivity index is 0.608. The highest BCUT2D eigenvalue weighted by atomic mass is 32.2. The van der Waals surface area contributed by atoms with E-state index in [0.29, 0.717) is 99.7 Å². The van der Waals surface area contributed by atoms with E-state index in [1.54, 1.807) is 18.2 Å². The van der Waals surface area contributed by atoms with Gasteiger partial charge in [0.05, 0.1) is 53.5 Å². The fraction of sp³-hybridized carbons (Fsp3) is 0.409. The summed E-state index contributed by atoms with van der Waals surface area (Å²) in [5, 5.41) is 39.9. The Morgan fingerprint density at radius 2 is 1.47 bits per heavy atom. The van der Waals surface area contributed by atoms with Gasteiger partial charge in [-0.05, 0) is 158 Å². The van der Waals surface area contributed by atoms with Crippen molar-refractivity contribution in [2.24, 2.45) is 17.8 Å². The number of nitrogen functional groups attached to an aromatic ring is 1. The largest absolute Gasteiger partial charge is 0.737 e. The number of carboxylic acid groups (broad SMARTS) is 3. The molecule has 4 amide bonds. The van der Waals surface area contributed by atoms with Crippen molar-refractivity contribution in [1.82, 2.24) is 59.2 Å². The Morgan fingerprint density at radius 3 is 2.16 bits per heavy atom. The summed E-state index contributed by atoms with van der Waals surface area (Å²) in [6.07, 6.45) is 4.26.